The van der Waals surface area contributed by atoms with Crippen LogP contribution in [0.5, 0.6) is 0 Å². The predicted octanol–water partition coefficient (Wildman–Crippen LogP) is 4.19. The fourth-order valence-corrected chi connectivity index (χ4v) is 3.92. The number of nitriles is 1. The second-order valence-corrected chi connectivity index (χ2v) is 7.90. The molecule has 0 aliphatic rings. The number of rotatable bonds is 6. The maximum atomic E-state index is 13.3. The fourth-order valence-electron chi connectivity index (χ4n) is 3.12. The average molecular weight is 444 g/mol. The number of thioether (sulfide) groups is 1. The van der Waals surface area contributed by atoms with E-state index >= 15 is 0 Å². The molecule has 0 atom stereocenters. The molecule has 1 N–H and O–H groups in total. The Morgan fingerprint density at radius 2 is 1.78 bits per heavy atom. The Labute approximate surface area is 187 Å². The Bertz CT molecular complexity index is 1380. The topological polar surface area (TPSA) is 87.8 Å². The van der Waals surface area contributed by atoms with Crippen molar-refractivity contribution in [1.82, 2.24) is 9.55 Å². The molecule has 6 nitrogen and oxygen atoms in total. The van der Waals surface area contributed by atoms with Gasteiger partial charge in [0.05, 0.1) is 34.8 Å². The van der Waals surface area contributed by atoms with E-state index in [2.05, 4.69) is 10.3 Å². The number of hydrogen-bond donors (Lipinski definition) is 1. The van der Waals surface area contributed by atoms with Crippen molar-refractivity contribution in [3.8, 4) is 6.07 Å². The molecule has 0 spiro atoms. The highest BCUT2D eigenvalue weighted by molar-refractivity contribution is 7.99. The molecule has 32 heavy (non-hydrogen) atoms. The van der Waals surface area contributed by atoms with Crippen LogP contribution < -0.4 is 10.9 Å². The quantitative estimate of drug-likeness (QED) is 0.356. The normalized spacial score (nSPS) is 10.6. The zero-order valence-corrected chi connectivity index (χ0v) is 17.6. The van der Waals surface area contributed by atoms with Crippen LogP contribution in [-0.4, -0.2) is 21.2 Å². The maximum absolute atomic E-state index is 13.3. The minimum Gasteiger partial charge on any atom is -0.325 e. The third-order valence-electron chi connectivity index (χ3n) is 4.71. The van der Waals surface area contributed by atoms with E-state index in [-0.39, 0.29) is 29.6 Å². The summed E-state index contributed by atoms with van der Waals surface area (Å²) in [5.74, 6) is -0.587. The number of hydrogen-bond acceptors (Lipinski definition) is 5. The number of benzene rings is 3. The summed E-state index contributed by atoms with van der Waals surface area (Å²) in [5.41, 5.74) is 2.14. The number of carbonyl (C=O) groups is 1. The van der Waals surface area contributed by atoms with Gasteiger partial charge in [0.15, 0.2) is 5.16 Å². The van der Waals surface area contributed by atoms with E-state index in [9.17, 15) is 14.0 Å². The summed E-state index contributed by atoms with van der Waals surface area (Å²) in [6.07, 6.45) is 0. The SMILES string of the molecule is N#Cc1ccc(NC(=O)CSc2nc3ccccc3c(=O)n2Cc2ccc(F)cc2)cc1. The number of aromatic nitrogens is 2. The van der Waals surface area contributed by atoms with Gasteiger partial charge in [-0.05, 0) is 54.1 Å². The lowest BCUT2D eigenvalue weighted by Gasteiger charge is -2.13. The van der Waals surface area contributed by atoms with Gasteiger partial charge in [-0.1, -0.05) is 36.0 Å². The number of para-hydroxylation sites is 1. The first-order valence-corrected chi connectivity index (χ1v) is 10.7. The van der Waals surface area contributed by atoms with Crippen LogP contribution >= 0.6 is 11.8 Å². The first-order chi connectivity index (χ1) is 15.5. The lowest BCUT2D eigenvalue weighted by molar-refractivity contribution is -0.113. The number of fused-ring (bicyclic) bond motifs is 1. The van der Waals surface area contributed by atoms with E-state index in [1.54, 1.807) is 60.7 Å². The summed E-state index contributed by atoms with van der Waals surface area (Å²) in [6.45, 7) is 0.205. The number of nitrogens with zero attached hydrogens (tertiary/aromatic N) is 3. The van der Waals surface area contributed by atoms with E-state index in [0.29, 0.717) is 27.3 Å². The molecule has 0 radical (unpaired) electrons. The van der Waals surface area contributed by atoms with Crippen molar-refractivity contribution in [2.75, 3.05) is 11.1 Å². The largest absolute Gasteiger partial charge is 0.325 e. The molecule has 4 aromatic rings. The van der Waals surface area contributed by atoms with E-state index in [0.717, 1.165) is 17.3 Å². The highest BCUT2D eigenvalue weighted by atomic mass is 32.2. The van der Waals surface area contributed by atoms with Gasteiger partial charge in [0.25, 0.3) is 5.56 Å². The van der Waals surface area contributed by atoms with Gasteiger partial charge in [-0.15, -0.1) is 0 Å². The van der Waals surface area contributed by atoms with Crippen LogP contribution in [0.15, 0.2) is 82.7 Å². The van der Waals surface area contributed by atoms with Gasteiger partial charge in [0, 0.05) is 5.69 Å². The van der Waals surface area contributed by atoms with Crippen LogP contribution in [-0.2, 0) is 11.3 Å². The molecular weight excluding hydrogens is 427 g/mol. The van der Waals surface area contributed by atoms with Crippen LogP contribution in [0, 0.1) is 17.1 Å². The Hall–Kier alpha value is -3.96. The zero-order chi connectivity index (χ0) is 22.5. The summed E-state index contributed by atoms with van der Waals surface area (Å²) >= 11 is 1.15. The standard InChI is InChI=1S/C24H17FN4O2S/c25-18-9-5-17(6-10-18)14-29-23(31)20-3-1-2-4-21(20)28-24(29)32-15-22(30)27-19-11-7-16(13-26)8-12-19/h1-12H,14-15H2,(H,27,30). The van der Waals surface area contributed by atoms with Gasteiger partial charge >= 0.3 is 0 Å². The van der Waals surface area contributed by atoms with Gasteiger partial charge in [-0.25, -0.2) is 9.37 Å². The van der Waals surface area contributed by atoms with Crippen molar-refractivity contribution in [2.24, 2.45) is 0 Å². The smallest absolute Gasteiger partial charge is 0.262 e. The first kappa shape index (κ1) is 21.3. The van der Waals surface area contributed by atoms with E-state index < -0.39 is 0 Å². The lowest BCUT2D eigenvalue weighted by Crippen LogP contribution is -2.25. The fraction of sp³-hybridized carbons (Fsp3) is 0.0833. The van der Waals surface area contributed by atoms with E-state index in [4.69, 9.17) is 5.26 Å². The Morgan fingerprint density at radius 1 is 1.06 bits per heavy atom. The van der Waals surface area contributed by atoms with Gasteiger partial charge < -0.3 is 5.32 Å². The second-order valence-electron chi connectivity index (χ2n) is 6.96. The van der Waals surface area contributed by atoms with Crippen molar-refractivity contribution >= 4 is 34.3 Å². The molecule has 8 heteroatoms. The van der Waals surface area contributed by atoms with Gasteiger partial charge in [-0.3, -0.25) is 14.2 Å². The predicted molar refractivity (Wildman–Crippen MR) is 122 cm³/mol. The molecular formula is C24H17FN4O2S. The van der Waals surface area contributed by atoms with Crippen LogP contribution in [0.2, 0.25) is 0 Å². The molecule has 0 aliphatic carbocycles. The van der Waals surface area contributed by atoms with Crippen LogP contribution in [0.25, 0.3) is 10.9 Å². The lowest BCUT2D eigenvalue weighted by atomic mass is 10.2. The Kier molecular flexibility index (Phi) is 6.29. The molecule has 158 valence electrons. The summed E-state index contributed by atoms with van der Waals surface area (Å²) in [7, 11) is 0. The molecule has 4 rings (SSSR count). The van der Waals surface area contributed by atoms with Crippen molar-refractivity contribution in [3.63, 3.8) is 0 Å². The molecule has 3 aromatic carbocycles. The Balaban J connectivity index is 1.58. The average Bonchev–Trinajstić information content (AvgIpc) is 2.81. The third-order valence-corrected chi connectivity index (χ3v) is 5.69. The third kappa shape index (κ3) is 4.85. The molecule has 0 unspecified atom stereocenters. The monoisotopic (exact) mass is 444 g/mol. The van der Waals surface area contributed by atoms with Crippen molar-refractivity contribution < 1.29 is 9.18 Å². The minimum atomic E-state index is -0.355. The van der Waals surface area contributed by atoms with Crippen LogP contribution in [0.1, 0.15) is 11.1 Å². The number of amides is 1. The number of nitrogens with one attached hydrogen (secondary N) is 1. The molecule has 0 aliphatic heterocycles. The van der Waals surface area contributed by atoms with Crippen molar-refractivity contribution in [2.45, 2.75) is 11.7 Å². The number of halogens is 1. The maximum Gasteiger partial charge on any atom is 0.262 e. The number of carbonyl (C=O) groups excluding carboxylic acids is 1. The second kappa shape index (κ2) is 9.45. The summed E-state index contributed by atoms with van der Waals surface area (Å²) < 4.78 is 14.8. The van der Waals surface area contributed by atoms with E-state index in [1.165, 1.54) is 16.7 Å². The minimum absolute atomic E-state index is 0.0359. The van der Waals surface area contributed by atoms with Gasteiger partial charge in [0.2, 0.25) is 5.91 Å². The zero-order valence-electron chi connectivity index (χ0n) is 16.8. The first-order valence-electron chi connectivity index (χ1n) is 9.70. The molecule has 0 bridgehead atoms. The van der Waals surface area contributed by atoms with Crippen molar-refractivity contribution in [3.05, 3.63) is 100 Å². The summed E-state index contributed by atoms with van der Waals surface area (Å²) in [4.78, 5) is 30.2. The highest BCUT2D eigenvalue weighted by Crippen LogP contribution is 2.20. The molecule has 1 heterocycles. The molecule has 0 saturated heterocycles. The van der Waals surface area contributed by atoms with Gasteiger partial charge in [0.1, 0.15) is 5.82 Å². The number of anilines is 1. The van der Waals surface area contributed by atoms with Gasteiger partial charge in [-0.2, -0.15) is 5.26 Å². The van der Waals surface area contributed by atoms with E-state index in [1.807, 2.05) is 6.07 Å². The highest BCUT2D eigenvalue weighted by Gasteiger charge is 2.14. The van der Waals surface area contributed by atoms with Crippen molar-refractivity contribution in [1.29, 1.82) is 5.26 Å². The molecule has 0 saturated carbocycles. The summed E-state index contributed by atoms with van der Waals surface area (Å²) in [5, 5.41) is 12.5. The molecule has 1 aromatic heterocycles. The molecule has 0 fully saturated rings. The molecule has 1 amide bonds. The van der Waals surface area contributed by atoms with Crippen LogP contribution in [0.3, 0.4) is 0 Å². The Morgan fingerprint density at radius 3 is 2.50 bits per heavy atom. The van der Waals surface area contributed by atoms with Crippen LogP contribution in [0.4, 0.5) is 10.1 Å². The summed E-state index contributed by atoms with van der Waals surface area (Å²) in [6, 6.07) is 21.5.